The van der Waals surface area contributed by atoms with Crippen LogP contribution in [0.25, 0.3) is 0 Å². The van der Waals surface area contributed by atoms with E-state index in [0.717, 1.165) is 6.54 Å². The highest BCUT2D eigenvalue weighted by atomic mass is 32.1. The van der Waals surface area contributed by atoms with Gasteiger partial charge in [-0.25, -0.2) is 5.43 Å². The Morgan fingerprint density at radius 1 is 1.58 bits per heavy atom. The van der Waals surface area contributed by atoms with E-state index in [1.54, 1.807) is 5.01 Å². The van der Waals surface area contributed by atoms with Crippen LogP contribution >= 0.6 is 12.2 Å². The third-order valence-electron chi connectivity index (χ3n) is 1.67. The Kier molecular flexibility index (Phi) is 4.10. The Morgan fingerprint density at radius 3 is 3.00 bits per heavy atom. The third kappa shape index (κ3) is 2.83. The molecule has 1 rings (SSSR count). The number of hydrogen-bond donors (Lipinski definition) is 1. The minimum Gasteiger partial charge on any atom is -0.258 e. The summed E-state index contributed by atoms with van der Waals surface area (Å²) >= 11 is 4.92. The fourth-order valence-electron chi connectivity index (χ4n) is 0.976. The molecule has 0 unspecified atom stereocenters. The van der Waals surface area contributed by atoms with Crippen molar-refractivity contribution in [2.45, 2.75) is 26.2 Å². The summed E-state index contributed by atoms with van der Waals surface area (Å²) in [6.45, 7) is 3.70. The molecule has 5 heteroatoms. The first kappa shape index (κ1) is 9.54. The van der Waals surface area contributed by atoms with Crippen molar-refractivity contribution in [2.24, 2.45) is 10.2 Å². The number of rotatable bonds is 5. The van der Waals surface area contributed by atoms with Crippen LogP contribution in [-0.2, 0) is 0 Å². The number of nitrogens with one attached hydrogen (secondary N) is 1. The maximum atomic E-state index is 4.92. The zero-order valence-electron chi connectivity index (χ0n) is 7.29. The van der Waals surface area contributed by atoms with Crippen LogP contribution in [0.1, 0.15) is 26.2 Å². The summed E-state index contributed by atoms with van der Waals surface area (Å²) in [6.07, 6.45) is 3.67. The lowest BCUT2D eigenvalue weighted by Gasteiger charge is -2.15. The molecule has 0 aliphatic carbocycles. The molecule has 0 aromatic rings. The maximum absolute atomic E-state index is 4.92. The van der Waals surface area contributed by atoms with Crippen molar-refractivity contribution >= 4 is 17.3 Å². The molecule has 1 heterocycles. The summed E-state index contributed by atoms with van der Waals surface area (Å²) < 4.78 is 0. The van der Waals surface area contributed by atoms with Gasteiger partial charge in [0.25, 0.3) is 0 Å². The fourth-order valence-corrected chi connectivity index (χ4v) is 1.16. The van der Waals surface area contributed by atoms with Gasteiger partial charge in [-0.3, -0.25) is 5.01 Å². The van der Waals surface area contributed by atoms with Gasteiger partial charge in [-0.05, 0) is 18.6 Å². The van der Waals surface area contributed by atoms with Crippen molar-refractivity contribution in [1.29, 1.82) is 0 Å². The van der Waals surface area contributed by atoms with Crippen molar-refractivity contribution in [1.82, 2.24) is 10.4 Å². The van der Waals surface area contributed by atoms with Crippen LogP contribution in [0.3, 0.4) is 0 Å². The molecular weight excluding hydrogens is 172 g/mol. The van der Waals surface area contributed by atoms with Crippen LogP contribution in [0.4, 0.5) is 0 Å². The topological polar surface area (TPSA) is 40.0 Å². The van der Waals surface area contributed by atoms with Gasteiger partial charge in [-0.15, -0.1) is 5.11 Å². The molecule has 0 bridgehead atoms. The third-order valence-corrected chi connectivity index (χ3v) is 1.98. The first-order valence-electron chi connectivity index (χ1n) is 4.27. The summed E-state index contributed by atoms with van der Waals surface area (Å²) in [4.78, 5) is 0. The minimum absolute atomic E-state index is 0.548. The van der Waals surface area contributed by atoms with Crippen molar-refractivity contribution in [2.75, 3.05) is 13.2 Å². The molecule has 1 aliphatic heterocycles. The summed E-state index contributed by atoms with van der Waals surface area (Å²) in [5, 5.41) is 9.87. The second kappa shape index (κ2) is 5.16. The quantitative estimate of drug-likeness (QED) is 0.524. The predicted octanol–water partition coefficient (Wildman–Crippen LogP) is 1.69. The highest BCUT2D eigenvalue weighted by molar-refractivity contribution is 7.80. The fraction of sp³-hybridized carbons (Fsp3) is 0.857. The lowest BCUT2D eigenvalue weighted by molar-refractivity contribution is 0.329. The van der Waals surface area contributed by atoms with E-state index >= 15 is 0 Å². The van der Waals surface area contributed by atoms with Crippen molar-refractivity contribution < 1.29 is 0 Å². The lowest BCUT2D eigenvalue weighted by atomic mass is 10.2. The first-order valence-corrected chi connectivity index (χ1v) is 4.68. The first-order chi connectivity index (χ1) is 5.84. The van der Waals surface area contributed by atoms with E-state index in [1.807, 2.05) is 0 Å². The molecule has 0 spiro atoms. The standard InChI is InChI=1S/C7H14N4S/c1-2-3-4-5-9-11-6-8-10-7(11)12/h9H,2-6H2,1H3. The van der Waals surface area contributed by atoms with Gasteiger partial charge in [0, 0.05) is 6.54 Å². The largest absolute Gasteiger partial charge is 0.258 e. The molecular formula is C7H14N4S. The van der Waals surface area contributed by atoms with Crippen molar-refractivity contribution in [3.63, 3.8) is 0 Å². The Bertz CT molecular complexity index is 180. The zero-order chi connectivity index (χ0) is 8.81. The summed E-state index contributed by atoms with van der Waals surface area (Å²) in [7, 11) is 0. The van der Waals surface area contributed by atoms with Gasteiger partial charge >= 0.3 is 0 Å². The van der Waals surface area contributed by atoms with E-state index in [4.69, 9.17) is 12.2 Å². The highest BCUT2D eigenvalue weighted by Crippen LogP contribution is 2.00. The van der Waals surface area contributed by atoms with Crippen LogP contribution in [-0.4, -0.2) is 23.3 Å². The van der Waals surface area contributed by atoms with E-state index < -0.39 is 0 Å². The Hall–Kier alpha value is -0.550. The van der Waals surface area contributed by atoms with Crippen LogP contribution in [0.5, 0.6) is 0 Å². The lowest BCUT2D eigenvalue weighted by Crippen LogP contribution is -2.38. The number of hydrazine groups is 1. The molecule has 0 atom stereocenters. The molecule has 0 saturated carbocycles. The summed E-state index contributed by atoms with van der Waals surface area (Å²) in [6, 6.07) is 0. The molecule has 0 radical (unpaired) electrons. The number of hydrogen-bond acceptors (Lipinski definition) is 3. The van der Waals surface area contributed by atoms with E-state index in [-0.39, 0.29) is 0 Å². The molecule has 0 fully saturated rings. The molecule has 0 aromatic heterocycles. The van der Waals surface area contributed by atoms with Crippen LogP contribution in [0.2, 0.25) is 0 Å². The molecule has 0 aromatic carbocycles. The smallest absolute Gasteiger partial charge is 0.232 e. The Morgan fingerprint density at radius 2 is 2.42 bits per heavy atom. The average molecular weight is 186 g/mol. The monoisotopic (exact) mass is 186 g/mol. The average Bonchev–Trinajstić information content (AvgIpc) is 2.46. The summed E-state index contributed by atoms with van der Waals surface area (Å²) in [5.74, 6) is 0. The number of azo groups is 1. The van der Waals surface area contributed by atoms with Crippen LogP contribution in [0, 0.1) is 0 Å². The SMILES string of the molecule is CCCCCNN1CN=NC1=S. The molecule has 4 nitrogen and oxygen atoms in total. The van der Waals surface area contributed by atoms with Gasteiger partial charge in [0.1, 0.15) is 6.67 Å². The second-order valence-electron chi connectivity index (χ2n) is 2.71. The molecule has 12 heavy (non-hydrogen) atoms. The second-order valence-corrected chi connectivity index (χ2v) is 3.07. The normalized spacial score (nSPS) is 16.1. The number of thiocarbonyl (C=S) groups is 1. The van der Waals surface area contributed by atoms with Gasteiger partial charge in [0.05, 0.1) is 0 Å². The van der Waals surface area contributed by atoms with Crippen molar-refractivity contribution in [3.05, 3.63) is 0 Å². The van der Waals surface area contributed by atoms with E-state index in [1.165, 1.54) is 19.3 Å². The van der Waals surface area contributed by atoms with Crippen molar-refractivity contribution in [3.8, 4) is 0 Å². The van der Waals surface area contributed by atoms with Crippen LogP contribution in [0.15, 0.2) is 10.2 Å². The number of unbranched alkanes of at least 4 members (excludes halogenated alkanes) is 2. The van der Waals surface area contributed by atoms with Gasteiger partial charge in [-0.1, -0.05) is 19.8 Å². The Balaban J connectivity index is 2.04. The zero-order valence-corrected chi connectivity index (χ0v) is 8.10. The molecule has 1 N–H and O–H groups in total. The van der Waals surface area contributed by atoms with Gasteiger partial charge in [0.15, 0.2) is 0 Å². The molecule has 0 saturated heterocycles. The maximum Gasteiger partial charge on any atom is 0.232 e. The minimum atomic E-state index is 0.548. The van der Waals surface area contributed by atoms with Gasteiger partial charge in [-0.2, -0.15) is 5.11 Å². The highest BCUT2D eigenvalue weighted by Gasteiger charge is 2.11. The predicted molar refractivity (Wildman–Crippen MR) is 51.7 cm³/mol. The van der Waals surface area contributed by atoms with E-state index in [2.05, 4.69) is 22.6 Å². The molecule has 1 aliphatic rings. The summed E-state index contributed by atoms with van der Waals surface area (Å²) in [5.41, 5.74) is 3.17. The van der Waals surface area contributed by atoms with Gasteiger partial charge in [0.2, 0.25) is 5.11 Å². The van der Waals surface area contributed by atoms with E-state index in [9.17, 15) is 0 Å². The molecule has 68 valence electrons. The number of nitrogens with zero attached hydrogens (tertiary/aromatic N) is 3. The molecule has 0 amide bonds. The van der Waals surface area contributed by atoms with Crippen LogP contribution < -0.4 is 5.43 Å². The Labute approximate surface area is 78.0 Å². The van der Waals surface area contributed by atoms with E-state index in [0.29, 0.717) is 11.8 Å². The van der Waals surface area contributed by atoms with Gasteiger partial charge < -0.3 is 0 Å².